The molecule has 288 valence electrons. The van der Waals surface area contributed by atoms with Crippen LogP contribution in [0.2, 0.25) is 0 Å². The molecule has 2 heteroatoms. The fourth-order valence-corrected chi connectivity index (χ4v) is 13.3. The van der Waals surface area contributed by atoms with Gasteiger partial charge in [-0.05, 0) is 108 Å². The molecule has 0 radical (unpaired) electrons. The molecule has 1 heterocycles. The fraction of sp³-hybridized carbons (Fsp3) is 0.400. The van der Waals surface area contributed by atoms with E-state index in [1.807, 2.05) is 0 Å². The number of aliphatic imine (C=N–C) groups is 1. The van der Waals surface area contributed by atoms with Crippen LogP contribution in [-0.4, -0.2) is 11.8 Å². The van der Waals surface area contributed by atoms with Gasteiger partial charge in [-0.25, -0.2) is 0 Å². The Balaban J connectivity index is 0.945. The lowest BCUT2D eigenvalue weighted by Crippen LogP contribution is -2.46. The maximum absolute atomic E-state index is 5.69. The second kappa shape index (κ2) is 14.1. The first-order valence-electron chi connectivity index (χ1n) is 22.5. The standard InChI is InChI=1S/C55H58N2/c1-54(2)46-27-14-13-24-42(46)44-35-48-45(34-47(44)54)43-26-17-25-41(49(43)55(48)32-15-6-16-33-55)36-28-30-40(31-29-36)53-52(39-22-11-5-12-23-39)56-50(37-18-7-3-8-19-37)51(57-53)38-20-9-4-10-21-38/h3-5,7-12,18-23,25,27-28,30-31,34-36,42-43,49,51-53,57H,6,13-17,24,26,29,32-33H2,1-2H3. The highest BCUT2D eigenvalue weighted by Crippen LogP contribution is 2.66. The fourth-order valence-electron chi connectivity index (χ4n) is 13.3. The van der Waals surface area contributed by atoms with E-state index < -0.39 is 0 Å². The predicted molar refractivity (Wildman–Crippen MR) is 236 cm³/mol. The van der Waals surface area contributed by atoms with Crippen molar-refractivity contribution < 1.29 is 0 Å². The Morgan fingerprint density at radius 2 is 1.40 bits per heavy atom. The van der Waals surface area contributed by atoms with Crippen LogP contribution >= 0.6 is 0 Å². The SMILES string of the molecule is CC1(C)C2=CCCCC2c2cc3c(cc21)C1CCC=C(C2C=CC(C4NC(c5ccccc5)C(c5ccccc5)=NC4c4ccccc4)=CC2)C1C31CCCCC1. The van der Waals surface area contributed by atoms with Crippen LogP contribution in [0.25, 0.3) is 0 Å². The van der Waals surface area contributed by atoms with E-state index >= 15 is 0 Å². The number of benzene rings is 4. The van der Waals surface area contributed by atoms with Crippen molar-refractivity contribution in [3.8, 4) is 0 Å². The molecule has 0 bridgehead atoms. The molecule has 7 atom stereocenters. The van der Waals surface area contributed by atoms with Gasteiger partial charge in [0, 0.05) is 22.7 Å². The Labute approximate surface area is 341 Å². The molecule has 1 N–H and O–H groups in total. The number of fused-ring (bicyclic) bond motifs is 8. The van der Waals surface area contributed by atoms with Crippen LogP contribution in [0.1, 0.15) is 147 Å². The molecule has 0 aromatic heterocycles. The monoisotopic (exact) mass is 746 g/mol. The molecule has 0 saturated heterocycles. The van der Waals surface area contributed by atoms with Crippen molar-refractivity contribution >= 4 is 5.71 Å². The number of allylic oxidation sites excluding steroid dienone is 6. The Morgan fingerprint density at radius 3 is 2.14 bits per heavy atom. The van der Waals surface area contributed by atoms with Crippen LogP contribution in [0.15, 0.2) is 155 Å². The lowest BCUT2D eigenvalue weighted by Gasteiger charge is -2.46. The van der Waals surface area contributed by atoms with Crippen LogP contribution in [0.3, 0.4) is 0 Å². The average molecular weight is 747 g/mol. The van der Waals surface area contributed by atoms with E-state index in [0.717, 1.165) is 12.1 Å². The van der Waals surface area contributed by atoms with E-state index in [1.54, 1.807) is 33.4 Å². The van der Waals surface area contributed by atoms with Crippen molar-refractivity contribution in [2.75, 3.05) is 0 Å². The van der Waals surface area contributed by atoms with Gasteiger partial charge >= 0.3 is 0 Å². The van der Waals surface area contributed by atoms with Crippen molar-refractivity contribution in [3.63, 3.8) is 0 Å². The van der Waals surface area contributed by atoms with Crippen molar-refractivity contribution in [2.45, 2.75) is 125 Å². The van der Waals surface area contributed by atoms with Crippen molar-refractivity contribution in [2.24, 2.45) is 16.8 Å². The molecule has 1 fully saturated rings. The zero-order valence-electron chi connectivity index (χ0n) is 34.0. The summed E-state index contributed by atoms with van der Waals surface area (Å²) in [5.41, 5.74) is 17.0. The first-order chi connectivity index (χ1) is 28.0. The second-order valence-corrected chi connectivity index (χ2v) is 19.0. The number of hydrogen-bond donors (Lipinski definition) is 1. The Morgan fingerprint density at radius 1 is 0.684 bits per heavy atom. The molecule has 1 spiro atoms. The summed E-state index contributed by atoms with van der Waals surface area (Å²) in [5.74, 6) is 2.37. The van der Waals surface area contributed by atoms with Gasteiger partial charge < -0.3 is 0 Å². The van der Waals surface area contributed by atoms with E-state index in [9.17, 15) is 0 Å². The molecular weight excluding hydrogens is 689 g/mol. The third-order valence-electron chi connectivity index (χ3n) is 15.8. The molecule has 6 aliphatic carbocycles. The maximum Gasteiger partial charge on any atom is 0.0948 e. The Kier molecular flexibility index (Phi) is 8.80. The predicted octanol–water partition coefficient (Wildman–Crippen LogP) is 13.3. The number of hydrogen-bond acceptors (Lipinski definition) is 2. The zero-order chi connectivity index (χ0) is 38.1. The summed E-state index contributed by atoms with van der Waals surface area (Å²) in [4.78, 5) is 5.69. The summed E-state index contributed by atoms with van der Waals surface area (Å²) in [5, 5.41) is 4.21. The highest BCUT2D eigenvalue weighted by atomic mass is 15.1. The van der Waals surface area contributed by atoms with Gasteiger partial charge in [-0.15, -0.1) is 0 Å². The second-order valence-electron chi connectivity index (χ2n) is 19.0. The average Bonchev–Trinajstić information content (AvgIpc) is 3.67. The van der Waals surface area contributed by atoms with Gasteiger partial charge in [0.25, 0.3) is 0 Å². The lowest BCUT2D eigenvalue weighted by molar-refractivity contribution is 0.198. The highest BCUT2D eigenvalue weighted by molar-refractivity contribution is 6.05. The van der Waals surface area contributed by atoms with Crippen LogP contribution in [0.4, 0.5) is 0 Å². The smallest absolute Gasteiger partial charge is 0.0948 e. The summed E-state index contributed by atoms with van der Waals surface area (Å²) in [6, 6.07) is 38.4. The topological polar surface area (TPSA) is 24.4 Å². The van der Waals surface area contributed by atoms with Crippen molar-refractivity contribution in [1.82, 2.24) is 5.32 Å². The molecule has 0 amide bonds. The van der Waals surface area contributed by atoms with Gasteiger partial charge in [0.05, 0.1) is 23.8 Å². The molecule has 4 aromatic carbocycles. The Hall–Kier alpha value is -4.53. The quantitative estimate of drug-likeness (QED) is 0.202. The van der Waals surface area contributed by atoms with Crippen molar-refractivity contribution in [1.29, 1.82) is 0 Å². The van der Waals surface area contributed by atoms with Crippen LogP contribution in [0.5, 0.6) is 0 Å². The molecule has 2 nitrogen and oxygen atoms in total. The van der Waals surface area contributed by atoms with E-state index in [-0.39, 0.29) is 29.0 Å². The number of rotatable bonds is 5. The molecule has 4 aromatic rings. The molecule has 57 heavy (non-hydrogen) atoms. The molecule has 7 aliphatic rings. The summed E-state index contributed by atoms with van der Waals surface area (Å²) < 4.78 is 0. The molecule has 1 aliphatic heterocycles. The number of nitrogens with zero attached hydrogens (tertiary/aromatic N) is 1. The number of nitrogens with one attached hydrogen (secondary N) is 1. The minimum absolute atomic E-state index is 0.00216. The molecule has 7 unspecified atom stereocenters. The Bertz CT molecular complexity index is 2320. The van der Waals surface area contributed by atoms with Gasteiger partial charge in [-0.2, -0.15) is 0 Å². The first kappa shape index (κ1) is 35.6. The highest BCUT2D eigenvalue weighted by Gasteiger charge is 2.56. The van der Waals surface area contributed by atoms with Crippen LogP contribution < -0.4 is 5.32 Å². The largest absolute Gasteiger partial charge is 0.296 e. The maximum atomic E-state index is 5.69. The van der Waals surface area contributed by atoms with Gasteiger partial charge in [0.1, 0.15) is 0 Å². The minimum Gasteiger partial charge on any atom is -0.296 e. The minimum atomic E-state index is -0.0207. The summed E-state index contributed by atoms with van der Waals surface area (Å²) in [6.45, 7) is 5.06. The summed E-state index contributed by atoms with van der Waals surface area (Å²) in [7, 11) is 0. The first-order valence-corrected chi connectivity index (χ1v) is 22.5. The van der Waals surface area contributed by atoms with E-state index in [2.05, 4.69) is 153 Å². The molecule has 11 rings (SSSR count). The summed E-state index contributed by atoms with van der Waals surface area (Å²) >= 11 is 0. The lowest BCUT2D eigenvalue weighted by atomic mass is 9.58. The zero-order valence-corrected chi connectivity index (χ0v) is 34.0. The van der Waals surface area contributed by atoms with Crippen LogP contribution in [-0.2, 0) is 10.8 Å². The van der Waals surface area contributed by atoms with Crippen molar-refractivity contribution in [3.05, 3.63) is 189 Å². The third-order valence-corrected chi connectivity index (χ3v) is 15.8. The van der Waals surface area contributed by atoms with E-state index in [1.165, 1.54) is 86.5 Å². The van der Waals surface area contributed by atoms with Crippen LogP contribution in [0, 0.1) is 11.8 Å². The summed E-state index contributed by atoms with van der Waals surface area (Å²) in [6.07, 6.45) is 27.4. The molecular formula is C55H58N2. The normalized spacial score (nSPS) is 30.6. The third kappa shape index (κ3) is 5.71. The van der Waals surface area contributed by atoms with Gasteiger partial charge in [0.2, 0.25) is 0 Å². The van der Waals surface area contributed by atoms with Gasteiger partial charge in [0.15, 0.2) is 0 Å². The van der Waals surface area contributed by atoms with E-state index in [0.29, 0.717) is 23.7 Å². The van der Waals surface area contributed by atoms with E-state index in [4.69, 9.17) is 4.99 Å². The van der Waals surface area contributed by atoms with Gasteiger partial charge in [-0.1, -0.05) is 178 Å². The van der Waals surface area contributed by atoms with Gasteiger partial charge in [-0.3, -0.25) is 10.3 Å². The molecule has 1 saturated carbocycles.